The van der Waals surface area contributed by atoms with Crippen molar-refractivity contribution in [3.05, 3.63) is 92.7 Å². The van der Waals surface area contributed by atoms with Gasteiger partial charge in [0.2, 0.25) is 0 Å². The van der Waals surface area contributed by atoms with Crippen LogP contribution in [-0.4, -0.2) is 59.1 Å². The van der Waals surface area contributed by atoms with Crippen LogP contribution in [0.3, 0.4) is 0 Å². The molecule has 0 radical (unpaired) electrons. The number of thiophene rings is 1. The molecule has 8 nitrogen and oxygen atoms in total. The SMILES string of the molecule is CCOC(=O)c1c(N2CCN(C(=O)c3cccs3)CC2)c2cnccc2n(Cc2ccccc2)c1=O. The van der Waals surface area contributed by atoms with Gasteiger partial charge in [0.15, 0.2) is 0 Å². The summed E-state index contributed by atoms with van der Waals surface area (Å²) in [6.07, 6.45) is 3.34. The Morgan fingerprint density at radius 2 is 1.81 bits per heavy atom. The highest BCUT2D eigenvalue weighted by Crippen LogP contribution is 2.30. The molecule has 0 saturated carbocycles. The summed E-state index contributed by atoms with van der Waals surface area (Å²) in [7, 11) is 0. The van der Waals surface area contributed by atoms with Crippen LogP contribution in [0.4, 0.5) is 5.69 Å². The van der Waals surface area contributed by atoms with Crippen molar-refractivity contribution in [3.8, 4) is 0 Å². The predicted molar refractivity (Wildman–Crippen MR) is 140 cm³/mol. The van der Waals surface area contributed by atoms with Gasteiger partial charge in [-0.05, 0) is 30.0 Å². The Balaban J connectivity index is 1.57. The van der Waals surface area contributed by atoms with E-state index in [0.29, 0.717) is 54.2 Å². The molecular formula is C27H26N4O4S. The number of fused-ring (bicyclic) bond motifs is 1. The Labute approximate surface area is 212 Å². The first-order valence-corrected chi connectivity index (χ1v) is 12.8. The van der Waals surface area contributed by atoms with E-state index < -0.39 is 11.5 Å². The molecule has 1 fully saturated rings. The Morgan fingerprint density at radius 3 is 2.50 bits per heavy atom. The van der Waals surface area contributed by atoms with Gasteiger partial charge >= 0.3 is 5.97 Å². The van der Waals surface area contributed by atoms with E-state index in [4.69, 9.17) is 4.74 Å². The molecule has 0 unspecified atom stereocenters. The molecule has 3 aromatic heterocycles. The molecule has 5 rings (SSSR count). The van der Waals surface area contributed by atoms with Crippen LogP contribution in [0.2, 0.25) is 0 Å². The summed E-state index contributed by atoms with van der Waals surface area (Å²) >= 11 is 1.42. The lowest BCUT2D eigenvalue weighted by Crippen LogP contribution is -2.49. The van der Waals surface area contributed by atoms with Gasteiger partial charge in [-0.15, -0.1) is 11.3 Å². The van der Waals surface area contributed by atoms with Crippen LogP contribution in [0.25, 0.3) is 10.9 Å². The summed E-state index contributed by atoms with van der Waals surface area (Å²) in [6.45, 7) is 4.12. The van der Waals surface area contributed by atoms with Crippen molar-refractivity contribution in [2.45, 2.75) is 13.5 Å². The molecule has 36 heavy (non-hydrogen) atoms. The summed E-state index contributed by atoms with van der Waals surface area (Å²) in [5.41, 5.74) is 1.77. The van der Waals surface area contributed by atoms with Crippen molar-refractivity contribution < 1.29 is 14.3 Å². The molecule has 1 aromatic carbocycles. The number of hydrogen-bond acceptors (Lipinski definition) is 7. The van der Waals surface area contributed by atoms with E-state index in [9.17, 15) is 14.4 Å². The molecule has 9 heteroatoms. The number of aromatic nitrogens is 2. The normalized spacial score (nSPS) is 13.7. The molecule has 4 heterocycles. The van der Waals surface area contributed by atoms with Gasteiger partial charge in [-0.25, -0.2) is 4.79 Å². The topological polar surface area (TPSA) is 84.7 Å². The summed E-state index contributed by atoms with van der Waals surface area (Å²) in [6, 6.07) is 15.1. The Morgan fingerprint density at radius 1 is 1.03 bits per heavy atom. The zero-order valence-corrected chi connectivity index (χ0v) is 20.7. The first-order valence-electron chi connectivity index (χ1n) is 11.9. The van der Waals surface area contributed by atoms with Crippen molar-refractivity contribution in [1.29, 1.82) is 0 Å². The minimum atomic E-state index is -0.651. The van der Waals surface area contributed by atoms with E-state index in [2.05, 4.69) is 4.98 Å². The van der Waals surface area contributed by atoms with Crippen LogP contribution >= 0.6 is 11.3 Å². The molecule has 0 N–H and O–H groups in total. The molecule has 0 bridgehead atoms. The highest BCUT2D eigenvalue weighted by Gasteiger charge is 2.30. The molecule has 4 aromatic rings. The van der Waals surface area contributed by atoms with Crippen LogP contribution in [0.5, 0.6) is 0 Å². The van der Waals surface area contributed by atoms with Crippen molar-refractivity contribution in [1.82, 2.24) is 14.5 Å². The third-order valence-corrected chi connectivity index (χ3v) is 7.18. The predicted octanol–water partition coefficient (Wildman–Crippen LogP) is 3.65. The fourth-order valence-corrected chi connectivity index (χ4v) is 5.30. The van der Waals surface area contributed by atoms with Gasteiger partial charge < -0.3 is 19.1 Å². The molecule has 1 saturated heterocycles. The minimum Gasteiger partial charge on any atom is -0.462 e. The average Bonchev–Trinajstić information content (AvgIpc) is 3.45. The monoisotopic (exact) mass is 502 g/mol. The van der Waals surface area contributed by atoms with Crippen molar-refractivity contribution >= 4 is 39.8 Å². The summed E-state index contributed by atoms with van der Waals surface area (Å²) in [4.78, 5) is 48.7. The number of carbonyl (C=O) groups excluding carboxylic acids is 2. The van der Waals surface area contributed by atoms with Gasteiger partial charge in [0, 0.05) is 44.0 Å². The smallest absolute Gasteiger partial charge is 0.345 e. The van der Waals surface area contributed by atoms with Gasteiger partial charge in [-0.3, -0.25) is 14.6 Å². The summed E-state index contributed by atoms with van der Waals surface area (Å²) < 4.78 is 6.95. The number of pyridine rings is 2. The molecular weight excluding hydrogens is 476 g/mol. The summed E-state index contributed by atoms with van der Waals surface area (Å²) in [5.74, 6) is -0.651. The van der Waals surface area contributed by atoms with Gasteiger partial charge in [-0.1, -0.05) is 36.4 Å². The van der Waals surface area contributed by atoms with Crippen molar-refractivity contribution in [3.63, 3.8) is 0 Å². The van der Waals surface area contributed by atoms with E-state index in [1.165, 1.54) is 11.3 Å². The Kier molecular flexibility index (Phi) is 6.81. The van der Waals surface area contributed by atoms with E-state index >= 15 is 0 Å². The van der Waals surface area contributed by atoms with Gasteiger partial charge in [-0.2, -0.15) is 0 Å². The number of nitrogens with zero attached hydrogens (tertiary/aromatic N) is 4. The summed E-state index contributed by atoms with van der Waals surface area (Å²) in [5, 5.41) is 2.59. The third-order valence-electron chi connectivity index (χ3n) is 6.32. The van der Waals surface area contributed by atoms with E-state index in [-0.39, 0.29) is 18.1 Å². The first kappa shape index (κ1) is 23.7. The molecule has 1 aliphatic rings. The van der Waals surface area contributed by atoms with Crippen LogP contribution in [0, 0.1) is 0 Å². The molecule has 1 aliphatic heterocycles. The number of carbonyl (C=O) groups is 2. The number of rotatable bonds is 6. The van der Waals surface area contributed by atoms with Crippen molar-refractivity contribution in [2.24, 2.45) is 0 Å². The van der Waals surface area contributed by atoms with E-state index in [1.807, 2.05) is 57.6 Å². The fraction of sp³-hybridized carbons (Fsp3) is 0.259. The molecule has 0 atom stereocenters. The number of piperazine rings is 1. The highest BCUT2D eigenvalue weighted by molar-refractivity contribution is 7.12. The third kappa shape index (κ3) is 4.49. The average molecular weight is 503 g/mol. The molecule has 0 aliphatic carbocycles. The number of hydrogen-bond donors (Lipinski definition) is 0. The van der Waals surface area contributed by atoms with E-state index in [1.54, 1.807) is 30.0 Å². The second kappa shape index (κ2) is 10.3. The maximum absolute atomic E-state index is 13.8. The second-order valence-corrected chi connectivity index (χ2v) is 9.42. The highest BCUT2D eigenvalue weighted by atomic mass is 32.1. The maximum Gasteiger partial charge on any atom is 0.345 e. The zero-order chi connectivity index (χ0) is 25.1. The molecule has 184 valence electrons. The minimum absolute atomic E-state index is 0.0000642. The fourth-order valence-electron chi connectivity index (χ4n) is 4.61. The number of esters is 1. The van der Waals surface area contributed by atoms with E-state index in [0.717, 1.165) is 5.56 Å². The molecule has 1 amide bonds. The first-order chi connectivity index (χ1) is 17.6. The lowest BCUT2D eigenvalue weighted by atomic mass is 10.1. The molecule has 0 spiro atoms. The number of amides is 1. The zero-order valence-electron chi connectivity index (χ0n) is 19.9. The largest absolute Gasteiger partial charge is 0.462 e. The number of benzene rings is 1. The van der Waals surface area contributed by atoms with Gasteiger partial charge in [0.05, 0.1) is 29.2 Å². The van der Waals surface area contributed by atoms with Gasteiger partial charge in [0.25, 0.3) is 11.5 Å². The Hall–Kier alpha value is -3.98. The Bertz CT molecular complexity index is 1440. The van der Waals surface area contributed by atoms with Crippen LogP contribution < -0.4 is 10.5 Å². The van der Waals surface area contributed by atoms with Crippen LogP contribution in [0.15, 0.2) is 71.1 Å². The van der Waals surface area contributed by atoms with Crippen LogP contribution in [-0.2, 0) is 11.3 Å². The number of ether oxygens (including phenoxy) is 1. The number of anilines is 1. The van der Waals surface area contributed by atoms with Crippen LogP contribution in [0.1, 0.15) is 32.5 Å². The second-order valence-electron chi connectivity index (χ2n) is 8.47. The van der Waals surface area contributed by atoms with Gasteiger partial charge in [0.1, 0.15) is 5.56 Å². The standard InChI is InChI=1S/C27H26N4O4S/c1-2-35-27(34)23-24(29-12-14-30(15-13-29)25(32)22-9-6-16-36-22)20-17-28-11-10-21(20)31(26(23)33)18-19-7-4-3-5-8-19/h3-11,16-17H,2,12-15,18H2,1H3. The lowest BCUT2D eigenvalue weighted by Gasteiger charge is -2.37. The van der Waals surface area contributed by atoms with Crippen molar-refractivity contribution in [2.75, 3.05) is 37.7 Å². The maximum atomic E-state index is 13.8. The lowest BCUT2D eigenvalue weighted by molar-refractivity contribution is 0.0523. The quantitative estimate of drug-likeness (QED) is 0.374.